The molecule has 1 aliphatic heterocycles. The number of halogens is 2. The number of hydrogen-bond acceptors (Lipinski definition) is 7. The smallest absolute Gasteiger partial charge is 0.403 e. The van der Waals surface area contributed by atoms with Crippen LogP contribution in [-0.4, -0.2) is 63.8 Å². The lowest BCUT2D eigenvalue weighted by atomic mass is 10.1. The summed E-state index contributed by atoms with van der Waals surface area (Å²) in [5, 5.41) is 16.4. The summed E-state index contributed by atoms with van der Waals surface area (Å²) in [6, 6.07) is 17.7. The number of aromatic nitrogens is 2. The summed E-state index contributed by atoms with van der Waals surface area (Å²) in [4.78, 5) is 38.6. The van der Waals surface area contributed by atoms with Crippen LogP contribution in [0.2, 0.25) is 0 Å². The average Bonchev–Trinajstić information content (AvgIpc) is 3.56. The zero-order chi connectivity index (χ0) is 30.0. The standard InChI is InChI=1S/C29H25BrFN5O6/c1-33(2)29(38)42-25-12-3-18(15-24(25)36(39)40)13-14-34-26(37)17-41-28(34)23-16-35(22-10-6-20(30)7-11-22)32-27(23)19-4-8-21(31)9-5-19/h3-12,15-16,28H,13-14,17H2,1-2H3. The number of nitro groups is 1. The van der Waals surface area contributed by atoms with Gasteiger partial charge in [-0.15, -0.1) is 0 Å². The van der Waals surface area contributed by atoms with Crippen molar-refractivity contribution in [2.45, 2.75) is 12.6 Å². The number of ether oxygens (including phenoxy) is 2. The van der Waals surface area contributed by atoms with Crippen molar-refractivity contribution in [3.63, 3.8) is 0 Å². The summed E-state index contributed by atoms with van der Waals surface area (Å²) in [7, 11) is 2.94. The van der Waals surface area contributed by atoms with Gasteiger partial charge in [0.25, 0.3) is 5.91 Å². The van der Waals surface area contributed by atoms with E-state index in [2.05, 4.69) is 15.9 Å². The fraction of sp³-hybridized carbons (Fsp3) is 0.207. The molecule has 1 saturated heterocycles. The third-order valence-electron chi connectivity index (χ3n) is 6.61. The number of hydrogen-bond donors (Lipinski definition) is 0. The number of benzene rings is 3. The van der Waals surface area contributed by atoms with E-state index in [4.69, 9.17) is 14.6 Å². The number of nitrogens with zero attached hydrogens (tertiary/aromatic N) is 5. The first-order chi connectivity index (χ1) is 20.1. The molecule has 2 amide bonds. The van der Waals surface area contributed by atoms with Gasteiger partial charge in [0.2, 0.25) is 5.75 Å². The van der Waals surface area contributed by atoms with E-state index in [0.717, 1.165) is 15.1 Å². The van der Waals surface area contributed by atoms with Crippen LogP contribution < -0.4 is 4.74 Å². The maximum atomic E-state index is 13.7. The molecule has 1 aliphatic rings. The third kappa shape index (κ3) is 6.16. The maximum absolute atomic E-state index is 13.7. The highest BCUT2D eigenvalue weighted by Gasteiger charge is 2.36. The summed E-state index contributed by atoms with van der Waals surface area (Å²) in [5.74, 6) is -0.823. The first-order valence-corrected chi connectivity index (χ1v) is 13.6. The van der Waals surface area contributed by atoms with Crippen LogP contribution in [0.4, 0.5) is 14.9 Å². The molecular formula is C29H25BrFN5O6. The van der Waals surface area contributed by atoms with Gasteiger partial charge in [-0.3, -0.25) is 14.9 Å². The molecule has 11 nitrogen and oxygen atoms in total. The van der Waals surface area contributed by atoms with Crippen molar-refractivity contribution >= 4 is 33.6 Å². The molecule has 0 bridgehead atoms. The summed E-state index contributed by atoms with van der Waals surface area (Å²) < 4.78 is 27.3. The van der Waals surface area contributed by atoms with Crippen molar-refractivity contribution in [2.24, 2.45) is 0 Å². The zero-order valence-electron chi connectivity index (χ0n) is 22.6. The molecule has 1 atom stereocenters. The van der Waals surface area contributed by atoms with E-state index in [9.17, 15) is 24.1 Å². The van der Waals surface area contributed by atoms with Gasteiger partial charge in [0.05, 0.1) is 10.6 Å². The SMILES string of the molecule is CN(C)C(=O)Oc1ccc(CCN2C(=O)COC2c2cn(-c3ccc(Br)cc3)nc2-c2ccc(F)cc2)cc1[N+](=O)[O-]. The lowest BCUT2D eigenvalue weighted by Gasteiger charge is -2.23. The Bertz CT molecular complexity index is 1640. The Kier molecular flexibility index (Phi) is 8.31. The molecule has 0 N–H and O–H groups in total. The number of carbonyl (C=O) groups is 2. The lowest BCUT2D eigenvalue weighted by Crippen LogP contribution is -2.30. The molecule has 0 saturated carbocycles. The fourth-order valence-corrected chi connectivity index (χ4v) is 4.73. The minimum absolute atomic E-state index is 0.156. The van der Waals surface area contributed by atoms with Crippen molar-refractivity contribution in [2.75, 3.05) is 27.2 Å². The minimum Gasteiger partial charge on any atom is -0.403 e. The fourth-order valence-electron chi connectivity index (χ4n) is 4.46. The van der Waals surface area contributed by atoms with Crippen molar-refractivity contribution < 1.29 is 28.4 Å². The number of carbonyl (C=O) groups excluding carboxylic acids is 2. The Balaban J connectivity index is 1.44. The molecule has 2 heterocycles. The van der Waals surface area contributed by atoms with E-state index in [1.165, 1.54) is 38.4 Å². The molecule has 5 rings (SSSR count). The van der Waals surface area contributed by atoms with E-state index in [1.54, 1.807) is 34.0 Å². The van der Waals surface area contributed by atoms with Gasteiger partial charge in [0.1, 0.15) is 18.1 Å². The predicted molar refractivity (Wildman–Crippen MR) is 154 cm³/mol. The summed E-state index contributed by atoms with van der Waals surface area (Å²) in [5.41, 5.74) is 2.74. The Morgan fingerprint density at radius 1 is 1.17 bits per heavy atom. The van der Waals surface area contributed by atoms with E-state index >= 15 is 0 Å². The van der Waals surface area contributed by atoms with E-state index in [1.807, 2.05) is 24.3 Å². The van der Waals surface area contributed by atoms with Crippen LogP contribution in [0.3, 0.4) is 0 Å². The molecule has 42 heavy (non-hydrogen) atoms. The van der Waals surface area contributed by atoms with Crippen LogP contribution in [0, 0.1) is 15.9 Å². The highest BCUT2D eigenvalue weighted by atomic mass is 79.9. The summed E-state index contributed by atoms with van der Waals surface area (Å²) >= 11 is 3.43. The highest BCUT2D eigenvalue weighted by molar-refractivity contribution is 9.10. The van der Waals surface area contributed by atoms with Crippen LogP contribution >= 0.6 is 15.9 Å². The minimum atomic E-state index is -0.794. The normalized spacial score (nSPS) is 14.7. The van der Waals surface area contributed by atoms with Gasteiger partial charge < -0.3 is 19.3 Å². The summed E-state index contributed by atoms with van der Waals surface area (Å²) in [6.07, 6.45) is 0.504. The molecule has 0 aliphatic carbocycles. The number of rotatable bonds is 8. The molecule has 0 spiro atoms. The van der Waals surface area contributed by atoms with Crippen LogP contribution in [0.25, 0.3) is 16.9 Å². The van der Waals surface area contributed by atoms with E-state index in [0.29, 0.717) is 22.4 Å². The van der Waals surface area contributed by atoms with Gasteiger partial charge in [-0.1, -0.05) is 22.0 Å². The van der Waals surface area contributed by atoms with Gasteiger partial charge in [-0.2, -0.15) is 5.10 Å². The van der Waals surface area contributed by atoms with Crippen LogP contribution in [0.1, 0.15) is 17.4 Å². The molecule has 3 aromatic carbocycles. The van der Waals surface area contributed by atoms with Crippen LogP contribution in [-0.2, 0) is 16.0 Å². The van der Waals surface area contributed by atoms with Gasteiger partial charge in [0.15, 0.2) is 6.23 Å². The van der Waals surface area contributed by atoms with Crippen molar-refractivity contribution in [1.82, 2.24) is 19.6 Å². The van der Waals surface area contributed by atoms with Gasteiger partial charge in [-0.25, -0.2) is 13.9 Å². The Morgan fingerprint density at radius 2 is 1.88 bits per heavy atom. The van der Waals surface area contributed by atoms with Gasteiger partial charge in [0, 0.05) is 48.5 Å². The average molecular weight is 638 g/mol. The first-order valence-electron chi connectivity index (χ1n) is 12.8. The molecule has 1 fully saturated rings. The number of amides is 2. The molecule has 4 aromatic rings. The first kappa shape index (κ1) is 28.9. The predicted octanol–water partition coefficient (Wildman–Crippen LogP) is 5.51. The second-order valence-corrected chi connectivity index (χ2v) is 10.6. The molecule has 216 valence electrons. The van der Waals surface area contributed by atoms with Crippen LogP contribution in [0.15, 0.2) is 77.4 Å². The second kappa shape index (κ2) is 12.1. The van der Waals surface area contributed by atoms with E-state index in [-0.39, 0.29) is 36.9 Å². The lowest BCUT2D eigenvalue weighted by molar-refractivity contribution is -0.385. The topological polar surface area (TPSA) is 120 Å². The Hall–Kier alpha value is -4.62. The monoisotopic (exact) mass is 637 g/mol. The molecular weight excluding hydrogens is 613 g/mol. The zero-order valence-corrected chi connectivity index (χ0v) is 24.2. The van der Waals surface area contributed by atoms with Crippen molar-refractivity contribution in [1.29, 1.82) is 0 Å². The molecule has 0 radical (unpaired) electrons. The summed E-state index contributed by atoms with van der Waals surface area (Å²) in [6.45, 7) is 0.0281. The largest absolute Gasteiger partial charge is 0.414 e. The van der Waals surface area contributed by atoms with Crippen molar-refractivity contribution in [3.05, 3.63) is 104 Å². The quantitative estimate of drug-likeness (QED) is 0.184. The molecule has 13 heteroatoms. The van der Waals surface area contributed by atoms with Crippen LogP contribution in [0.5, 0.6) is 5.75 Å². The van der Waals surface area contributed by atoms with E-state index < -0.39 is 23.1 Å². The third-order valence-corrected chi connectivity index (χ3v) is 7.14. The van der Waals surface area contributed by atoms with Gasteiger partial charge >= 0.3 is 11.8 Å². The highest BCUT2D eigenvalue weighted by Crippen LogP contribution is 2.36. The Morgan fingerprint density at radius 3 is 2.55 bits per heavy atom. The second-order valence-electron chi connectivity index (χ2n) is 9.68. The molecule has 1 aromatic heterocycles. The van der Waals surface area contributed by atoms with Crippen molar-refractivity contribution in [3.8, 4) is 22.7 Å². The Labute approximate surface area is 248 Å². The number of nitro benzene ring substituents is 1. The maximum Gasteiger partial charge on any atom is 0.414 e. The van der Waals surface area contributed by atoms with Gasteiger partial charge in [-0.05, 0) is 66.6 Å². The molecule has 1 unspecified atom stereocenters.